The van der Waals surface area contributed by atoms with Crippen molar-refractivity contribution in [2.24, 2.45) is 0 Å². The standard InChI is InChI=1S/C13H12N4O2/c18-12(19)8-17-11-4-2-1-3-10(11)16-13(17)15-9-5-6-14-7-9/h1-7,14H,8H2,(H,15,16)(H,18,19). The first kappa shape index (κ1) is 11.3. The summed E-state index contributed by atoms with van der Waals surface area (Å²) in [5.41, 5.74) is 2.40. The van der Waals surface area contributed by atoms with E-state index in [9.17, 15) is 4.79 Å². The maximum Gasteiger partial charge on any atom is 0.323 e. The molecule has 96 valence electrons. The van der Waals surface area contributed by atoms with Crippen LogP contribution in [-0.4, -0.2) is 25.6 Å². The molecule has 2 aromatic heterocycles. The summed E-state index contributed by atoms with van der Waals surface area (Å²) in [5.74, 6) is -0.386. The van der Waals surface area contributed by atoms with E-state index in [1.165, 1.54) is 0 Å². The van der Waals surface area contributed by atoms with Crippen molar-refractivity contribution in [1.82, 2.24) is 14.5 Å². The van der Waals surface area contributed by atoms with Crippen LogP contribution in [0.3, 0.4) is 0 Å². The number of benzene rings is 1. The summed E-state index contributed by atoms with van der Waals surface area (Å²) in [6.45, 7) is -0.132. The van der Waals surface area contributed by atoms with Gasteiger partial charge in [0.15, 0.2) is 0 Å². The summed E-state index contributed by atoms with van der Waals surface area (Å²) in [5, 5.41) is 12.1. The minimum absolute atomic E-state index is 0.132. The monoisotopic (exact) mass is 256 g/mol. The zero-order chi connectivity index (χ0) is 13.2. The summed E-state index contributed by atoms with van der Waals surface area (Å²) in [6, 6.07) is 9.30. The molecule has 6 nitrogen and oxygen atoms in total. The van der Waals surface area contributed by atoms with Crippen LogP contribution in [0.4, 0.5) is 11.6 Å². The van der Waals surface area contributed by atoms with Crippen LogP contribution < -0.4 is 5.32 Å². The first-order valence-electron chi connectivity index (χ1n) is 5.81. The van der Waals surface area contributed by atoms with Crippen LogP contribution in [0.15, 0.2) is 42.7 Å². The second-order valence-electron chi connectivity index (χ2n) is 4.13. The van der Waals surface area contributed by atoms with E-state index in [1.54, 1.807) is 17.0 Å². The average Bonchev–Trinajstić information content (AvgIpc) is 2.99. The molecule has 0 unspecified atom stereocenters. The normalized spacial score (nSPS) is 10.7. The van der Waals surface area contributed by atoms with Gasteiger partial charge in [-0.25, -0.2) is 4.98 Å². The summed E-state index contributed by atoms with van der Waals surface area (Å²) in [7, 11) is 0. The van der Waals surface area contributed by atoms with Gasteiger partial charge in [0.25, 0.3) is 0 Å². The number of rotatable bonds is 4. The average molecular weight is 256 g/mol. The molecule has 0 spiro atoms. The van der Waals surface area contributed by atoms with Crippen molar-refractivity contribution in [2.75, 3.05) is 5.32 Å². The fourth-order valence-corrected chi connectivity index (χ4v) is 2.00. The highest BCUT2D eigenvalue weighted by Gasteiger charge is 2.13. The lowest BCUT2D eigenvalue weighted by Gasteiger charge is -2.07. The molecule has 0 fully saturated rings. The third kappa shape index (κ3) is 2.15. The number of carboxylic acids is 1. The van der Waals surface area contributed by atoms with Gasteiger partial charge in [-0.3, -0.25) is 9.36 Å². The van der Waals surface area contributed by atoms with Crippen LogP contribution >= 0.6 is 0 Å². The van der Waals surface area contributed by atoms with Gasteiger partial charge in [0.1, 0.15) is 6.54 Å². The van der Waals surface area contributed by atoms with Crippen molar-refractivity contribution in [2.45, 2.75) is 6.54 Å². The highest BCUT2D eigenvalue weighted by atomic mass is 16.4. The van der Waals surface area contributed by atoms with Crippen molar-refractivity contribution < 1.29 is 9.90 Å². The Kier molecular flexibility index (Phi) is 2.68. The first-order valence-corrected chi connectivity index (χ1v) is 5.81. The third-order valence-electron chi connectivity index (χ3n) is 2.80. The molecule has 0 saturated heterocycles. The number of anilines is 2. The highest BCUT2D eigenvalue weighted by molar-refractivity contribution is 5.81. The second-order valence-corrected chi connectivity index (χ2v) is 4.13. The van der Waals surface area contributed by atoms with Gasteiger partial charge in [0.2, 0.25) is 5.95 Å². The van der Waals surface area contributed by atoms with Crippen LogP contribution in [0.1, 0.15) is 0 Å². The number of aliphatic carboxylic acids is 1. The Morgan fingerprint density at radius 1 is 1.37 bits per heavy atom. The summed E-state index contributed by atoms with van der Waals surface area (Å²) in [4.78, 5) is 18.3. The number of nitrogens with one attached hydrogen (secondary N) is 2. The molecule has 0 aliphatic carbocycles. The Morgan fingerprint density at radius 3 is 2.95 bits per heavy atom. The van der Waals surface area contributed by atoms with Crippen LogP contribution in [-0.2, 0) is 11.3 Å². The van der Waals surface area contributed by atoms with Crippen molar-refractivity contribution in [3.8, 4) is 0 Å². The molecule has 0 saturated carbocycles. The number of para-hydroxylation sites is 2. The number of H-pyrrole nitrogens is 1. The van der Waals surface area contributed by atoms with Gasteiger partial charge in [-0.15, -0.1) is 0 Å². The number of carbonyl (C=O) groups is 1. The molecule has 3 aromatic rings. The van der Waals surface area contributed by atoms with Gasteiger partial charge in [-0.1, -0.05) is 12.1 Å². The van der Waals surface area contributed by atoms with Gasteiger partial charge < -0.3 is 15.4 Å². The minimum Gasteiger partial charge on any atom is -0.480 e. The molecular weight excluding hydrogens is 244 g/mol. The number of hydrogen-bond acceptors (Lipinski definition) is 3. The lowest BCUT2D eigenvalue weighted by Crippen LogP contribution is -2.11. The third-order valence-corrected chi connectivity index (χ3v) is 2.80. The fraction of sp³-hybridized carbons (Fsp3) is 0.0769. The molecule has 3 rings (SSSR count). The molecule has 0 aliphatic heterocycles. The van der Waals surface area contributed by atoms with E-state index in [4.69, 9.17) is 5.11 Å². The quantitative estimate of drug-likeness (QED) is 0.668. The Morgan fingerprint density at radius 2 is 2.21 bits per heavy atom. The van der Waals surface area contributed by atoms with E-state index in [-0.39, 0.29) is 6.54 Å². The van der Waals surface area contributed by atoms with E-state index in [0.29, 0.717) is 5.95 Å². The molecule has 0 amide bonds. The number of nitrogens with zero attached hydrogens (tertiary/aromatic N) is 2. The van der Waals surface area contributed by atoms with Gasteiger partial charge in [0.05, 0.1) is 16.7 Å². The van der Waals surface area contributed by atoms with E-state index < -0.39 is 5.97 Å². The van der Waals surface area contributed by atoms with Crippen molar-refractivity contribution >= 4 is 28.6 Å². The molecule has 2 heterocycles. The number of fused-ring (bicyclic) bond motifs is 1. The molecule has 0 atom stereocenters. The number of aromatic amines is 1. The van der Waals surface area contributed by atoms with Gasteiger partial charge in [0, 0.05) is 12.4 Å². The zero-order valence-corrected chi connectivity index (χ0v) is 10.00. The number of carboxylic acid groups (broad SMARTS) is 1. The van der Waals surface area contributed by atoms with Crippen LogP contribution in [0.2, 0.25) is 0 Å². The van der Waals surface area contributed by atoms with Crippen LogP contribution in [0.25, 0.3) is 11.0 Å². The Hall–Kier alpha value is -2.76. The molecule has 1 aromatic carbocycles. The second kappa shape index (κ2) is 4.49. The topological polar surface area (TPSA) is 82.9 Å². The fourth-order valence-electron chi connectivity index (χ4n) is 2.00. The Labute approximate surface area is 108 Å². The van der Waals surface area contributed by atoms with Crippen molar-refractivity contribution in [3.63, 3.8) is 0 Å². The lowest BCUT2D eigenvalue weighted by atomic mass is 10.3. The molecule has 0 bridgehead atoms. The molecule has 0 aliphatic rings. The van der Waals surface area contributed by atoms with E-state index >= 15 is 0 Å². The Balaban J connectivity index is 2.08. The van der Waals surface area contributed by atoms with E-state index in [2.05, 4.69) is 15.3 Å². The minimum atomic E-state index is -0.903. The SMILES string of the molecule is O=C(O)Cn1c(Nc2cc[nH]c2)nc2ccccc21. The largest absolute Gasteiger partial charge is 0.480 e. The number of hydrogen-bond donors (Lipinski definition) is 3. The maximum atomic E-state index is 11.0. The molecule has 19 heavy (non-hydrogen) atoms. The molecular formula is C13H12N4O2. The summed E-state index contributed by atoms with van der Waals surface area (Å²) < 4.78 is 1.64. The lowest BCUT2D eigenvalue weighted by molar-refractivity contribution is -0.137. The highest BCUT2D eigenvalue weighted by Crippen LogP contribution is 2.22. The smallest absolute Gasteiger partial charge is 0.323 e. The van der Waals surface area contributed by atoms with Crippen molar-refractivity contribution in [1.29, 1.82) is 0 Å². The van der Waals surface area contributed by atoms with Gasteiger partial charge in [-0.05, 0) is 18.2 Å². The predicted octanol–water partition coefficient (Wildman–Crippen LogP) is 2.19. The number of aromatic nitrogens is 3. The maximum absolute atomic E-state index is 11.0. The zero-order valence-electron chi connectivity index (χ0n) is 10.00. The van der Waals surface area contributed by atoms with Gasteiger partial charge >= 0.3 is 5.97 Å². The van der Waals surface area contributed by atoms with Gasteiger partial charge in [-0.2, -0.15) is 0 Å². The molecule has 6 heteroatoms. The summed E-state index contributed by atoms with van der Waals surface area (Å²) >= 11 is 0. The molecule has 0 radical (unpaired) electrons. The van der Waals surface area contributed by atoms with Crippen molar-refractivity contribution in [3.05, 3.63) is 42.7 Å². The van der Waals surface area contributed by atoms with E-state index in [0.717, 1.165) is 16.7 Å². The number of imidazole rings is 1. The first-order chi connectivity index (χ1) is 9.24. The summed E-state index contributed by atoms with van der Waals surface area (Å²) in [6.07, 6.45) is 3.57. The van der Waals surface area contributed by atoms with Crippen LogP contribution in [0, 0.1) is 0 Å². The molecule has 3 N–H and O–H groups in total. The van der Waals surface area contributed by atoms with E-state index in [1.807, 2.05) is 30.3 Å². The van der Waals surface area contributed by atoms with Crippen LogP contribution in [0.5, 0.6) is 0 Å². The predicted molar refractivity (Wildman–Crippen MR) is 71.4 cm³/mol. The Bertz CT molecular complexity index is 715.